The first kappa shape index (κ1) is 17.7. The molecular formula is C13H26N2O4. The third kappa shape index (κ3) is 9.30. The van der Waals surface area contributed by atoms with Crippen molar-refractivity contribution < 1.29 is 19.4 Å². The summed E-state index contributed by atoms with van der Waals surface area (Å²) in [6.45, 7) is 8.45. The van der Waals surface area contributed by atoms with Gasteiger partial charge < -0.3 is 20.5 Å². The van der Waals surface area contributed by atoms with Crippen LogP contribution in [0.4, 0.5) is 4.79 Å². The van der Waals surface area contributed by atoms with Crippen LogP contribution < -0.4 is 10.6 Å². The Hall–Kier alpha value is -1.30. The summed E-state index contributed by atoms with van der Waals surface area (Å²) in [6.07, 6.45) is 1.95. The molecule has 0 aromatic heterocycles. The molecule has 3 N–H and O–H groups in total. The predicted octanol–water partition coefficient (Wildman–Crippen LogP) is 1.60. The number of ether oxygens (including phenoxy) is 1. The van der Waals surface area contributed by atoms with Crippen LogP contribution in [0.15, 0.2) is 0 Å². The summed E-state index contributed by atoms with van der Waals surface area (Å²) < 4.78 is 5.37. The quantitative estimate of drug-likeness (QED) is 0.557. The average Bonchev–Trinajstić information content (AvgIpc) is 2.30. The molecule has 19 heavy (non-hydrogen) atoms. The van der Waals surface area contributed by atoms with Crippen LogP contribution in [0.5, 0.6) is 0 Å². The molecule has 0 rings (SSSR count). The molecule has 0 saturated carbocycles. The van der Waals surface area contributed by atoms with Gasteiger partial charge in [-0.15, -0.1) is 0 Å². The zero-order valence-electron chi connectivity index (χ0n) is 12.3. The summed E-state index contributed by atoms with van der Waals surface area (Å²) >= 11 is 0. The molecule has 0 aliphatic rings. The summed E-state index contributed by atoms with van der Waals surface area (Å²) in [5, 5.41) is 14.1. The van der Waals surface area contributed by atoms with Gasteiger partial charge in [-0.05, 0) is 40.5 Å². The van der Waals surface area contributed by atoms with Gasteiger partial charge in [0.05, 0.1) is 11.5 Å². The Morgan fingerprint density at radius 1 is 1.21 bits per heavy atom. The monoisotopic (exact) mass is 274 g/mol. The zero-order valence-corrected chi connectivity index (χ0v) is 12.3. The number of aliphatic carboxylic acids is 1. The molecule has 0 aliphatic heterocycles. The molecule has 0 saturated heterocycles. The first-order valence-corrected chi connectivity index (χ1v) is 6.62. The van der Waals surface area contributed by atoms with E-state index < -0.39 is 11.4 Å². The van der Waals surface area contributed by atoms with Crippen LogP contribution in [0.3, 0.4) is 0 Å². The minimum Gasteiger partial charge on any atom is -0.481 e. The van der Waals surface area contributed by atoms with Crippen LogP contribution in [0.2, 0.25) is 0 Å². The van der Waals surface area contributed by atoms with Crippen molar-refractivity contribution in [3.05, 3.63) is 0 Å². The van der Waals surface area contributed by atoms with Crippen LogP contribution >= 0.6 is 0 Å². The fraction of sp³-hybridized carbons (Fsp3) is 0.846. The molecule has 0 atom stereocenters. The molecule has 6 nitrogen and oxygen atoms in total. The van der Waals surface area contributed by atoms with Crippen molar-refractivity contribution in [3.8, 4) is 0 Å². The Bertz CT molecular complexity index is 290. The van der Waals surface area contributed by atoms with Gasteiger partial charge in [-0.3, -0.25) is 4.79 Å². The summed E-state index contributed by atoms with van der Waals surface area (Å²) in [5.41, 5.74) is -0.956. The van der Waals surface area contributed by atoms with E-state index in [0.717, 1.165) is 12.8 Å². The van der Waals surface area contributed by atoms with Crippen LogP contribution in [-0.4, -0.2) is 42.9 Å². The summed E-state index contributed by atoms with van der Waals surface area (Å²) in [7, 11) is 0. The molecule has 2 amide bonds. The molecular weight excluding hydrogens is 248 g/mol. The second-order valence-electron chi connectivity index (χ2n) is 5.43. The standard InChI is InChI=1S/C13H26N2O4/c1-10(2)19-8-6-5-7-14-12(18)15-9-13(3,4)11(16)17/h10H,5-9H2,1-4H3,(H,16,17)(H2,14,15,18). The average molecular weight is 274 g/mol. The van der Waals surface area contributed by atoms with Crippen molar-refractivity contribution in [1.82, 2.24) is 10.6 Å². The van der Waals surface area contributed by atoms with Crippen LogP contribution in [0, 0.1) is 5.41 Å². The normalized spacial score (nSPS) is 11.4. The molecule has 0 aromatic carbocycles. The number of amides is 2. The van der Waals surface area contributed by atoms with Gasteiger partial charge in [0.2, 0.25) is 0 Å². The number of hydrogen-bond donors (Lipinski definition) is 3. The number of carbonyl (C=O) groups is 2. The van der Waals surface area contributed by atoms with E-state index in [1.165, 1.54) is 0 Å². The van der Waals surface area contributed by atoms with Crippen molar-refractivity contribution in [2.24, 2.45) is 5.41 Å². The number of carbonyl (C=O) groups excluding carboxylic acids is 1. The third-order valence-electron chi connectivity index (χ3n) is 2.58. The van der Waals surface area contributed by atoms with Gasteiger partial charge >= 0.3 is 12.0 Å². The molecule has 112 valence electrons. The summed E-state index contributed by atoms with van der Waals surface area (Å²) in [5.74, 6) is -0.932. The summed E-state index contributed by atoms with van der Waals surface area (Å²) in [6, 6.07) is -0.334. The van der Waals surface area contributed by atoms with Gasteiger partial charge in [-0.25, -0.2) is 4.79 Å². The van der Waals surface area contributed by atoms with E-state index in [2.05, 4.69) is 10.6 Å². The second kappa shape index (κ2) is 8.74. The number of urea groups is 1. The van der Waals surface area contributed by atoms with Crippen molar-refractivity contribution in [2.75, 3.05) is 19.7 Å². The third-order valence-corrected chi connectivity index (χ3v) is 2.58. The highest BCUT2D eigenvalue weighted by atomic mass is 16.5. The Morgan fingerprint density at radius 3 is 2.37 bits per heavy atom. The predicted molar refractivity (Wildman–Crippen MR) is 73.1 cm³/mol. The van der Waals surface area contributed by atoms with Crippen LogP contribution in [0.25, 0.3) is 0 Å². The minimum absolute atomic E-state index is 0.102. The number of rotatable bonds is 9. The van der Waals surface area contributed by atoms with Gasteiger partial charge in [0, 0.05) is 19.7 Å². The number of nitrogens with one attached hydrogen (secondary N) is 2. The van der Waals surface area contributed by atoms with Crippen molar-refractivity contribution in [2.45, 2.75) is 46.6 Å². The maximum absolute atomic E-state index is 11.4. The maximum Gasteiger partial charge on any atom is 0.314 e. The molecule has 0 heterocycles. The smallest absolute Gasteiger partial charge is 0.314 e. The van der Waals surface area contributed by atoms with E-state index in [0.29, 0.717) is 13.2 Å². The van der Waals surface area contributed by atoms with Gasteiger partial charge in [-0.2, -0.15) is 0 Å². The first-order valence-electron chi connectivity index (χ1n) is 6.62. The van der Waals surface area contributed by atoms with Crippen molar-refractivity contribution in [1.29, 1.82) is 0 Å². The number of carboxylic acids is 1. The second-order valence-corrected chi connectivity index (χ2v) is 5.43. The SMILES string of the molecule is CC(C)OCCCCNC(=O)NCC(C)(C)C(=O)O. The van der Waals surface area contributed by atoms with Crippen molar-refractivity contribution in [3.63, 3.8) is 0 Å². The number of carboxylic acid groups (broad SMARTS) is 1. The Morgan fingerprint density at radius 2 is 1.84 bits per heavy atom. The van der Waals surface area contributed by atoms with E-state index in [1.807, 2.05) is 13.8 Å². The molecule has 0 fully saturated rings. The summed E-state index contributed by atoms with van der Waals surface area (Å²) in [4.78, 5) is 22.2. The topological polar surface area (TPSA) is 87.7 Å². The van der Waals surface area contributed by atoms with Crippen LogP contribution in [-0.2, 0) is 9.53 Å². The number of hydrogen-bond acceptors (Lipinski definition) is 3. The number of unbranched alkanes of at least 4 members (excludes halogenated alkanes) is 1. The van der Waals surface area contributed by atoms with Gasteiger partial charge in [-0.1, -0.05) is 0 Å². The lowest BCUT2D eigenvalue weighted by atomic mass is 9.94. The molecule has 0 bridgehead atoms. The van der Waals surface area contributed by atoms with E-state index in [1.54, 1.807) is 13.8 Å². The molecule has 6 heteroatoms. The minimum atomic E-state index is -0.956. The lowest BCUT2D eigenvalue weighted by Crippen LogP contribution is -2.43. The highest BCUT2D eigenvalue weighted by Crippen LogP contribution is 2.12. The highest BCUT2D eigenvalue weighted by Gasteiger charge is 2.27. The van der Waals surface area contributed by atoms with Gasteiger partial charge in [0.15, 0.2) is 0 Å². The molecule has 0 radical (unpaired) electrons. The van der Waals surface area contributed by atoms with E-state index in [-0.39, 0.29) is 18.7 Å². The largest absolute Gasteiger partial charge is 0.481 e. The van der Waals surface area contributed by atoms with Crippen LogP contribution in [0.1, 0.15) is 40.5 Å². The Labute approximate surface area is 114 Å². The zero-order chi connectivity index (χ0) is 14.9. The van der Waals surface area contributed by atoms with E-state index in [4.69, 9.17) is 9.84 Å². The van der Waals surface area contributed by atoms with E-state index >= 15 is 0 Å². The Kier molecular flexibility index (Phi) is 8.14. The maximum atomic E-state index is 11.4. The van der Waals surface area contributed by atoms with Gasteiger partial charge in [0.1, 0.15) is 0 Å². The first-order chi connectivity index (χ1) is 8.75. The van der Waals surface area contributed by atoms with E-state index in [9.17, 15) is 9.59 Å². The molecule has 0 spiro atoms. The Balaban J connectivity index is 3.58. The molecule has 0 unspecified atom stereocenters. The molecule has 0 aromatic rings. The fourth-order valence-electron chi connectivity index (χ4n) is 1.19. The molecule has 0 aliphatic carbocycles. The fourth-order valence-corrected chi connectivity index (χ4v) is 1.19. The highest BCUT2D eigenvalue weighted by molar-refractivity contribution is 5.77. The lowest BCUT2D eigenvalue weighted by Gasteiger charge is -2.19. The lowest BCUT2D eigenvalue weighted by molar-refractivity contribution is -0.146. The van der Waals surface area contributed by atoms with Gasteiger partial charge in [0.25, 0.3) is 0 Å². The van der Waals surface area contributed by atoms with Crippen molar-refractivity contribution >= 4 is 12.0 Å².